The summed E-state index contributed by atoms with van der Waals surface area (Å²) in [4.78, 5) is 45.7. The summed E-state index contributed by atoms with van der Waals surface area (Å²) in [6.45, 7) is -0.248. The van der Waals surface area contributed by atoms with Gasteiger partial charge in [0.05, 0.1) is 13.0 Å². The van der Waals surface area contributed by atoms with Gasteiger partial charge in [0.1, 0.15) is 6.04 Å². The molecule has 0 aromatic heterocycles. The van der Waals surface area contributed by atoms with E-state index in [4.69, 9.17) is 5.11 Å². The molecule has 19 heavy (non-hydrogen) atoms. The quantitative estimate of drug-likeness (QED) is 0.505. The van der Waals surface area contributed by atoms with E-state index in [0.29, 0.717) is 0 Å². The van der Waals surface area contributed by atoms with Crippen molar-refractivity contribution < 1.29 is 29.0 Å². The summed E-state index contributed by atoms with van der Waals surface area (Å²) < 4.78 is 4.62. The number of aliphatic carboxylic acids is 1. The van der Waals surface area contributed by atoms with Crippen molar-refractivity contribution in [2.45, 2.75) is 18.6 Å². The maximum absolute atomic E-state index is 11.5. The molecule has 106 valence electrons. The minimum atomic E-state index is -1.21. The Morgan fingerprint density at radius 1 is 1.53 bits per heavy atom. The van der Waals surface area contributed by atoms with E-state index in [1.807, 2.05) is 0 Å². The van der Waals surface area contributed by atoms with Crippen LogP contribution in [0.2, 0.25) is 0 Å². The zero-order valence-electron chi connectivity index (χ0n) is 10.5. The van der Waals surface area contributed by atoms with Crippen LogP contribution >= 0.6 is 0 Å². The molecule has 2 unspecified atom stereocenters. The first-order valence-corrected chi connectivity index (χ1v) is 5.47. The second-order valence-electron chi connectivity index (χ2n) is 3.96. The smallest absolute Gasteiger partial charge is 0.334 e. The van der Waals surface area contributed by atoms with E-state index in [-0.39, 0.29) is 18.9 Å². The third-order valence-corrected chi connectivity index (χ3v) is 2.69. The Bertz CT molecular complexity index is 410. The number of likely N-dealkylation sites (N-methyl/N-ethyl adjacent to an activating group) is 1. The van der Waals surface area contributed by atoms with E-state index in [0.717, 1.165) is 4.90 Å². The summed E-state index contributed by atoms with van der Waals surface area (Å²) in [5, 5.41) is 13.2. The predicted molar refractivity (Wildman–Crippen MR) is 61.1 cm³/mol. The highest BCUT2D eigenvalue weighted by molar-refractivity contribution is 6.06. The Morgan fingerprint density at radius 2 is 2.16 bits per heavy atom. The third kappa shape index (κ3) is 3.65. The summed E-state index contributed by atoms with van der Waals surface area (Å²) in [5.74, 6) is -2.09. The van der Waals surface area contributed by atoms with Crippen molar-refractivity contribution in [3.05, 3.63) is 0 Å². The lowest BCUT2D eigenvalue weighted by Crippen LogP contribution is -2.48. The maximum atomic E-state index is 11.5. The normalized spacial score (nSPS) is 20.3. The number of carboxylic acid groups (broad SMARTS) is 1. The summed E-state index contributed by atoms with van der Waals surface area (Å²) in [6, 6.07) is -1.65. The largest absolute Gasteiger partial charge is 0.479 e. The molecule has 1 heterocycles. The average Bonchev–Trinajstić information content (AvgIpc) is 2.57. The SMILES string of the molecule is COC(CNC(=O)NC1CC(=O)N(C)C1=O)C(=O)O. The maximum Gasteiger partial charge on any atom is 0.334 e. The number of hydrogen-bond acceptors (Lipinski definition) is 5. The second-order valence-corrected chi connectivity index (χ2v) is 3.96. The molecular formula is C10H15N3O6. The Hall–Kier alpha value is -2.16. The Balaban J connectivity index is 2.42. The highest BCUT2D eigenvalue weighted by atomic mass is 16.5. The van der Waals surface area contributed by atoms with Crippen LogP contribution in [-0.2, 0) is 19.1 Å². The monoisotopic (exact) mass is 273 g/mol. The Morgan fingerprint density at radius 3 is 2.58 bits per heavy atom. The van der Waals surface area contributed by atoms with Gasteiger partial charge in [-0.15, -0.1) is 0 Å². The van der Waals surface area contributed by atoms with E-state index < -0.39 is 30.1 Å². The first-order chi connectivity index (χ1) is 8.86. The summed E-state index contributed by atoms with van der Waals surface area (Å²) in [5.41, 5.74) is 0. The molecule has 1 rings (SSSR count). The van der Waals surface area contributed by atoms with Crippen LogP contribution < -0.4 is 10.6 Å². The van der Waals surface area contributed by atoms with Crippen molar-refractivity contribution >= 4 is 23.8 Å². The molecule has 0 bridgehead atoms. The van der Waals surface area contributed by atoms with Crippen molar-refractivity contribution in [1.82, 2.24) is 15.5 Å². The summed E-state index contributed by atoms with van der Waals surface area (Å²) in [6.07, 6.45) is -1.27. The number of nitrogens with zero attached hydrogens (tertiary/aromatic N) is 1. The molecule has 1 fully saturated rings. The van der Waals surface area contributed by atoms with Gasteiger partial charge < -0.3 is 20.5 Å². The number of amides is 4. The van der Waals surface area contributed by atoms with Crippen molar-refractivity contribution in [2.24, 2.45) is 0 Å². The molecule has 0 aromatic rings. The van der Waals surface area contributed by atoms with E-state index in [9.17, 15) is 19.2 Å². The lowest BCUT2D eigenvalue weighted by atomic mass is 10.2. The molecule has 2 atom stereocenters. The van der Waals surface area contributed by atoms with E-state index in [1.54, 1.807) is 0 Å². The highest BCUT2D eigenvalue weighted by Gasteiger charge is 2.37. The molecule has 9 nitrogen and oxygen atoms in total. The standard InChI is InChI=1S/C10H15N3O6/c1-13-7(14)3-5(8(13)15)12-10(18)11-4-6(19-2)9(16)17/h5-6H,3-4H2,1-2H3,(H,16,17)(H2,11,12,18). The molecule has 3 N–H and O–H groups in total. The van der Waals surface area contributed by atoms with Gasteiger partial charge in [0, 0.05) is 14.2 Å². The fourth-order valence-electron chi connectivity index (χ4n) is 1.53. The number of hydrogen-bond donors (Lipinski definition) is 3. The molecule has 1 saturated heterocycles. The predicted octanol–water partition coefficient (Wildman–Crippen LogP) is -1.86. The Kier molecular flexibility index (Phi) is 4.81. The van der Waals surface area contributed by atoms with Gasteiger partial charge in [0.2, 0.25) is 5.91 Å². The Labute approximate surface area is 108 Å². The molecule has 1 aliphatic heterocycles. The van der Waals surface area contributed by atoms with Gasteiger partial charge in [-0.3, -0.25) is 14.5 Å². The number of ether oxygens (including phenoxy) is 1. The van der Waals surface area contributed by atoms with Gasteiger partial charge in [-0.1, -0.05) is 0 Å². The molecule has 0 aliphatic carbocycles. The van der Waals surface area contributed by atoms with Crippen LogP contribution in [0.4, 0.5) is 4.79 Å². The molecule has 0 radical (unpaired) electrons. The number of rotatable bonds is 5. The number of urea groups is 1. The third-order valence-electron chi connectivity index (χ3n) is 2.69. The average molecular weight is 273 g/mol. The van der Waals surface area contributed by atoms with Gasteiger partial charge >= 0.3 is 12.0 Å². The van der Waals surface area contributed by atoms with Gasteiger partial charge in [-0.05, 0) is 0 Å². The van der Waals surface area contributed by atoms with E-state index >= 15 is 0 Å². The van der Waals surface area contributed by atoms with Crippen molar-refractivity contribution in [1.29, 1.82) is 0 Å². The minimum Gasteiger partial charge on any atom is -0.479 e. The number of imide groups is 1. The zero-order valence-corrected chi connectivity index (χ0v) is 10.5. The van der Waals surface area contributed by atoms with Gasteiger partial charge in [-0.2, -0.15) is 0 Å². The molecule has 0 spiro atoms. The molecule has 0 saturated carbocycles. The zero-order chi connectivity index (χ0) is 14.6. The molecule has 0 aromatic carbocycles. The first kappa shape index (κ1) is 14.9. The number of carboxylic acids is 1. The van der Waals surface area contributed by atoms with Crippen LogP contribution in [0, 0.1) is 0 Å². The van der Waals surface area contributed by atoms with Crippen molar-refractivity contribution in [3.8, 4) is 0 Å². The first-order valence-electron chi connectivity index (χ1n) is 5.47. The lowest BCUT2D eigenvalue weighted by molar-refractivity contribution is -0.148. The fourth-order valence-corrected chi connectivity index (χ4v) is 1.53. The topological polar surface area (TPSA) is 125 Å². The number of likely N-dealkylation sites (tertiary alicyclic amines) is 1. The van der Waals surface area contributed by atoms with Gasteiger partial charge in [-0.25, -0.2) is 9.59 Å². The number of carbonyl (C=O) groups excluding carboxylic acids is 3. The molecule has 1 aliphatic rings. The van der Waals surface area contributed by atoms with Crippen LogP contribution in [0.1, 0.15) is 6.42 Å². The van der Waals surface area contributed by atoms with Gasteiger partial charge in [0.25, 0.3) is 5.91 Å². The van der Waals surface area contributed by atoms with Crippen molar-refractivity contribution in [2.75, 3.05) is 20.7 Å². The van der Waals surface area contributed by atoms with E-state index in [1.165, 1.54) is 14.2 Å². The second kappa shape index (κ2) is 6.14. The van der Waals surface area contributed by atoms with Crippen LogP contribution in [-0.4, -0.2) is 66.7 Å². The highest BCUT2D eigenvalue weighted by Crippen LogP contribution is 2.09. The number of carbonyl (C=O) groups is 4. The van der Waals surface area contributed by atoms with Crippen LogP contribution in [0.15, 0.2) is 0 Å². The van der Waals surface area contributed by atoms with E-state index in [2.05, 4.69) is 15.4 Å². The van der Waals surface area contributed by atoms with Crippen LogP contribution in [0.5, 0.6) is 0 Å². The fraction of sp³-hybridized carbons (Fsp3) is 0.600. The van der Waals surface area contributed by atoms with Gasteiger partial charge in [0.15, 0.2) is 6.10 Å². The number of nitrogens with one attached hydrogen (secondary N) is 2. The lowest BCUT2D eigenvalue weighted by Gasteiger charge is -2.14. The molecule has 4 amide bonds. The molecular weight excluding hydrogens is 258 g/mol. The van der Waals surface area contributed by atoms with Crippen LogP contribution in [0.25, 0.3) is 0 Å². The minimum absolute atomic E-state index is 0.102. The van der Waals surface area contributed by atoms with Crippen molar-refractivity contribution in [3.63, 3.8) is 0 Å². The summed E-state index contributed by atoms with van der Waals surface area (Å²) in [7, 11) is 2.53. The summed E-state index contributed by atoms with van der Waals surface area (Å²) >= 11 is 0. The number of methoxy groups -OCH3 is 1. The molecule has 9 heteroatoms. The van der Waals surface area contributed by atoms with Crippen LogP contribution in [0.3, 0.4) is 0 Å².